The van der Waals surface area contributed by atoms with Crippen LogP contribution in [0.3, 0.4) is 0 Å². The fourth-order valence-corrected chi connectivity index (χ4v) is 2.78. The van der Waals surface area contributed by atoms with Gasteiger partial charge < -0.3 is 20.1 Å². The van der Waals surface area contributed by atoms with Gasteiger partial charge in [0, 0.05) is 13.1 Å². The maximum Gasteiger partial charge on any atom is 0.271 e. The Labute approximate surface area is 170 Å². The Hall–Kier alpha value is -3.61. The molecule has 0 saturated carbocycles. The van der Waals surface area contributed by atoms with E-state index in [0.29, 0.717) is 30.4 Å². The summed E-state index contributed by atoms with van der Waals surface area (Å²) in [6, 6.07) is 15.5. The van der Waals surface area contributed by atoms with Crippen molar-refractivity contribution in [2.24, 2.45) is 0 Å². The minimum absolute atomic E-state index is 0.252. The molecule has 1 amide bonds. The van der Waals surface area contributed by atoms with Gasteiger partial charge >= 0.3 is 0 Å². The van der Waals surface area contributed by atoms with Gasteiger partial charge in [0.1, 0.15) is 11.5 Å². The summed E-state index contributed by atoms with van der Waals surface area (Å²) in [4.78, 5) is 20.6. The third-order valence-corrected chi connectivity index (χ3v) is 4.35. The molecule has 150 valence electrons. The van der Waals surface area contributed by atoms with Gasteiger partial charge in [0.25, 0.3) is 5.91 Å². The molecule has 2 N–H and O–H groups in total. The summed E-state index contributed by atoms with van der Waals surface area (Å²) in [7, 11) is 3.23. The van der Waals surface area contributed by atoms with Crippen LogP contribution < -0.4 is 20.1 Å². The quantitative estimate of drug-likeness (QED) is 0.582. The number of aromatic nitrogens is 2. The number of hydrogen-bond acceptors (Lipinski definition) is 6. The van der Waals surface area contributed by atoms with Gasteiger partial charge in [-0.05, 0) is 29.7 Å². The summed E-state index contributed by atoms with van der Waals surface area (Å²) in [5.74, 6) is 1.77. The Morgan fingerprint density at radius 2 is 1.72 bits per heavy atom. The van der Waals surface area contributed by atoms with Crippen molar-refractivity contribution in [2.45, 2.75) is 13.0 Å². The summed E-state index contributed by atoms with van der Waals surface area (Å²) in [5.41, 5.74) is 2.42. The lowest BCUT2D eigenvalue weighted by molar-refractivity contribution is 0.0945. The predicted molar refractivity (Wildman–Crippen MR) is 111 cm³/mol. The molecule has 29 heavy (non-hydrogen) atoms. The molecule has 0 aliphatic heterocycles. The number of rotatable bonds is 9. The van der Waals surface area contributed by atoms with Gasteiger partial charge in [-0.25, -0.2) is 9.97 Å². The first-order valence-corrected chi connectivity index (χ1v) is 9.28. The molecule has 0 atom stereocenters. The zero-order valence-corrected chi connectivity index (χ0v) is 16.5. The van der Waals surface area contributed by atoms with Crippen LogP contribution in [-0.2, 0) is 13.0 Å². The number of carbonyl (C=O) groups excluding carboxylic acids is 1. The molecule has 0 bridgehead atoms. The van der Waals surface area contributed by atoms with Crippen molar-refractivity contribution in [3.05, 3.63) is 77.7 Å². The van der Waals surface area contributed by atoms with Gasteiger partial charge in [0.15, 0.2) is 11.5 Å². The molecule has 0 radical (unpaired) electrons. The monoisotopic (exact) mass is 392 g/mol. The number of carbonyl (C=O) groups is 1. The number of amides is 1. The molecule has 0 fully saturated rings. The van der Waals surface area contributed by atoms with Gasteiger partial charge in [-0.2, -0.15) is 0 Å². The topological polar surface area (TPSA) is 85.4 Å². The number of anilines is 1. The molecule has 0 aliphatic rings. The van der Waals surface area contributed by atoms with E-state index < -0.39 is 0 Å². The molecule has 0 saturated heterocycles. The largest absolute Gasteiger partial charge is 0.493 e. The lowest BCUT2D eigenvalue weighted by Crippen LogP contribution is -2.24. The van der Waals surface area contributed by atoms with Gasteiger partial charge in [-0.3, -0.25) is 4.79 Å². The Bertz CT molecular complexity index is 931. The lowest BCUT2D eigenvalue weighted by Gasteiger charge is -2.10. The number of nitrogens with zero attached hydrogens (tertiary/aromatic N) is 2. The molecule has 7 nitrogen and oxygen atoms in total. The summed E-state index contributed by atoms with van der Waals surface area (Å²) < 4.78 is 10.6. The number of methoxy groups -OCH3 is 2. The Morgan fingerprint density at radius 1 is 0.931 bits per heavy atom. The molecular weight excluding hydrogens is 368 g/mol. The zero-order valence-electron chi connectivity index (χ0n) is 16.5. The van der Waals surface area contributed by atoms with Crippen LogP contribution in [0.5, 0.6) is 11.5 Å². The highest BCUT2D eigenvalue weighted by molar-refractivity contribution is 5.91. The van der Waals surface area contributed by atoms with Crippen LogP contribution in [0.4, 0.5) is 5.82 Å². The van der Waals surface area contributed by atoms with Crippen LogP contribution in [-0.4, -0.2) is 36.6 Å². The number of benzene rings is 2. The highest BCUT2D eigenvalue weighted by atomic mass is 16.5. The van der Waals surface area contributed by atoms with E-state index >= 15 is 0 Å². The third kappa shape index (κ3) is 5.68. The summed E-state index contributed by atoms with van der Waals surface area (Å²) in [6.45, 7) is 1.12. The molecule has 3 aromatic rings. The average molecular weight is 392 g/mol. The van der Waals surface area contributed by atoms with Crippen LogP contribution >= 0.6 is 0 Å². The summed E-state index contributed by atoms with van der Waals surface area (Å²) in [5, 5.41) is 6.04. The van der Waals surface area contributed by atoms with E-state index in [9.17, 15) is 4.79 Å². The normalized spacial score (nSPS) is 10.3. The average Bonchev–Trinajstić information content (AvgIpc) is 2.78. The molecule has 0 unspecified atom stereocenters. The van der Waals surface area contributed by atoms with Crippen LogP contribution in [0, 0.1) is 0 Å². The van der Waals surface area contributed by atoms with Crippen LogP contribution in [0.2, 0.25) is 0 Å². The van der Waals surface area contributed by atoms with Gasteiger partial charge in [-0.1, -0.05) is 36.4 Å². The number of hydrogen-bond donors (Lipinski definition) is 2. The van der Waals surface area contributed by atoms with Crippen LogP contribution in [0.15, 0.2) is 60.9 Å². The van der Waals surface area contributed by atoms with Crippen molar-refractivity contribution >= 4 is 11.7 Å². The van der Waals surface area contributed by atoms with Crippen molar-refractivity contribution in [1.29, 1.82) is 0 Å². The van der Waals surface area contributed by atoms with E-state index in [1.54, 1.807) is 20.4 Å². The predicted octanol–water partition coefficient (Wildman–Crippen LogP) is 3.08. The van der Waals surface area contributed by atoms with Gasteiger partial charge in [0.2, 0.25) is 0 Å². The van der Waals surface area contributed by atoms with Crippen molar-refractivity contribution in [2.75, 3.05) is 26.1 Å². The van der Waals surface area contributed by atoms with Gasteiger partial charge in [0.05, 0.1) is 26.6 Å². The Morgan fingerprint density at radius 3 is 2.41 bits per heavy atom. The smallest absolute Gasteiger partial charge is 0.271 e. The van der Waals surface area contributed by atoms with Gasteiger partial charge in [-0.15, -0.1) is 0 Å². The van der Waals surface area contributed by atoms with Crippen molar-refractivity contribution < 1.29 is 14.3 Å². The second kappa shape index (κ2) is 10.1. The van der Waals surface area contributed by atoms with Crippen molar-refractivity contribution in [3.63, 3.8) is 0 Å². The molecule has 3 rings (SSSR count). The van der Waals surface area contributed by atoms with E-state index in [-0.39, 0.29) is 11.6 Å². The maximum absolute atomic E-state index is 12.2. The molecule has 2 aromatic carbocycles. The van der Waals surface area contributed by atoms with Crippen molar-refractivity contribution in [1.82, 2.24) is 15.3 Å². The molecule has 0 spiro atoms. The second-order valence-corrected chi connectivity index (χ2v) is 6.32. The van der Waals surface area contributed by atoms with Crippen molar-refractivity contribution in [3.8, 4) is 11.5 Å². The number of ether oxygens (including phenoxy) is 2. The molecule has 0 aliphatic carbocycles. The number of nitrogens with one attached hydrogen (secondary N) is 2. The molecule has 1 aromatic heterocycles. The Kier molecular flexibility index (Phi) is 7.00. The first-order valence-electron chi connectivity index (χ1n) is 9.28. The SMILES string of the molecule is COc1ccc(CCNc2cnc(C(=O)NCc3ccccc3)cn2)cc1OC. The third-order valence-electron chi connectivity index (χ3n) is 4.35. The Balaban J connectivity index is 1.48. The minimum Gasteiger partial charge on any atom is -0.493 e. The summed E-state index contributed by atoms with van der Waals surface area (Å²) in [6.07, 6.45) is 3.81. The van der Waals surface area contributed by atoms with E-state index in [0.717, 1.165) is 17.5 Å². The molecular formula is C22H24N4O3. The highest BCUT2D eigenvalue weighted by Crippen LogP contribution is 2.27. The molecule has 1 heterocycles. The van der Waals surface area contributed by atoms with E-state index in [1.807, 2.05) is 48.5 Å². The maximum atomic E-state index is 12.2. The lowest BCUT2D eigenvalue weighted by atomic mass is 10.1. The first-order chi connectivity index (χ1) is 14.2. The van der Waals surface area contributed by atoms with E-state index in [4.69, 9.17) is 9.47 Å². The highest BCUT2D eigenvalue weighted by Gasteiger charge is 2.08. The summed E-state index contributed by atoms with van der Waals surface area (Å²) >= 11 is 0. The second-order valence-electron chi connectivity index (χ2n) is 6.32. The van der Waals surface area contributed by atoms with Crippen LogP contribution in [0.25, 0.3) is 0 Å². The van der Waals surface area contributed by atoms with E-state index in [1.165, 1.54) is 6.20 Å². The first kappa shape index (κ1) is 20.1. The standard InChI is InChI=1S/C22H24N4O3/c1-28-19-9-8-16(12-20(19)29-2)10-11-23-21-15-24-18(14-25-21)22(27)26-13-17-6-4-3-5-7-17/h3-9,12,14-15H,10-11,13H2,1-2H3,(H,23,25)(H,26,27). The molecule has 7 heteroatoms. The fraction of sp³-hybridized carbons (Fsp3) is 0.227. The zero-order chi connectivity index (χ0) is 20.5. The fourth-order valence-electron chi connectivity index (χ4n) is 2.78. The van der Waals surface area contributed by atoms with Crippen LogP contribution in [0.1, 0.15) is 21.6 Å². The minimum atomic E-state index is -0.252. The van der Waals surface area contributed by atoms with E-state index in [2.05, 4.69) is 20.6 Å².